The van der Waals surface area contributed by atoms with E-state index in [1.54, 1.807) is 12.5 Å². The minimum atomic E-state index is -0.0407. The van der Waals surface area contributed by atoms with Crippen LogP contribution in [-0.4, -0.2) is 14.7 Å². The van der Waals surface area contributed by atoms with E-state index in [1.807, 2.05) is 30.7 Å². The molecule has 18 heavy (non-hydrogen) atoms. The van der Waals surface area contributed by atoms with E-state index in [-0.39, 0.29) is 6.61 Å². The molecule has 0 fully saturated rings. The van der Waals surface area contributed by atoms with Gasteiger partial charge in [0, 0.05) is 17.1 Å². The van der Waals surface area contributed by atoms with Crippen LogP contribution >= 0.6 is 15.9 Å². The molecule has 0 unspecified atom stereocenters. The Hall–Kier alpha value is -1.33. The zero-order chi connectivity index (χ0) is 13.1. The van der Waals surface area contributed by atoms with E-state index >= 15 is 0 Å². The largest absolute Gasteiger partial charge is 0.487 e. The summed E-state index contributed by atoms with van der Waals surface area (Å²) in [6.07, 6.45) is 3.51. The summed E-state index contributed by atoms with van der Waals surface area (Å²) < 4.78 is 8.65. The maximum absolute atomic E-state index is 9.36. The Morgan fingerprint density at radius 3 is 2.83 bits per heavy atom. The number of aromatic nitrogens is 2. The van der Waals surface area contributed by atoms with Gasteiger partial charge in [0.25, 0.3) is 0 Å². The second kappa shape index (κ2) is 5.54. The summed E-state index contributed by atoms with van der Waals surface area (Å²) in [4.78, 5) is 4.04. The molecular formula is C13H15BrN2O2. The van der Waals surface area contributed by atoms with Gasteiger partial charge in [-0.1, -0.05) is 15.9 Å². The number of aryl methyl sites for hydroxylation is 2. The summed E-state index contributed by atoms with van der Waals surface area (Å²) in [5.41, 5.74) is 2.76. The number of rotatable bonds is 4. The fourth-order valence-corrected chi connectivity index (χ4v) is 2.41. The molecule has 2 aromatic rings. The molecule has 96 valence electrons. The minimum Gasteiger partial charge on any atom is -0.487 e. The number of imidazole rings is 1. The molecule has 0 saturated carbocycles. The number of halogens is 1. The summed E-state index contributed by atoms with van der Waals surface area (Å²) in [6, 6.07) is 3.84. The molecule has 5 heteroatoms. The van der Waals surface area contributed by atoms with Crippen molar-refractivity contribution in [2.75, 3.05) is 0 Å². The Bertz CT molecular complexity index is 552. The first-order valence-corrected chi connectivity index (χ1v) is 6.39. The molecule has 0 spiro atoms. The van der Waals surface area contributed by atoms with Crippen molar-refractivity contribution in [1.29, 1.82) is 0 Å². The molecule has 2 rings (SSSR count). The van der Waals surface area contributed by atoms with Crippen molar-refractivity contribution in [1.82, 2.24) is 9.55 Å². The van der Waals surface area contributed by atoms with Gasteiger partial charge in [-0.05, 0) is 24.6 Å². The number of benzene rings is 1. The Labute approximate surface area is 114 Å². The van der Waals surface area contributed by atoms with Crippen LogP contribution < -0.4 is 4.74 Å². The lowest BCUT2D eigenvalue weighted by molar-refractivity contribution is 0.255. The van der Waals surface area contributed by atoms with Crippen molar-refractivity contribution < 1.29 is 9.84 Å². The minimum absolute atomic E-state index is 0.0407. The van der Waals surface area contributed by atoms with Crippen molar-refractivity contribution >= 4 is 15.9 Å². The van der Waals surface area contributed by atoms with Crippen LogP contribution in [0.5, 0.6) is 5.75 Å². The highest BCUT2D eigenvalue weighted by Gasteiger charge is 2.09. The van der Waals surface area contributed by atoms with Gasteiger partial charge in [0.2, 0.25) is 0 Å². The number of ether oxygens (including phenoxy) is 1. The first-order chi connectivity index (χ1) is 8.61. The highest BCUT2D eigenvalue weighted by atomic mass is 79.9. The van der Waals surface area contributed by atoms with E-state index in [4.69, 9.17) is 4.74 Å². The first kappa shape index (κ1) is 13.1. The van der Waals surface area contributed by atoms with Gasteiger partial charge in [-0.2, -0.15) is 0 Å². The average molecular weight is 311 g/mol. The third-order valence-electron chi connectivity index (χ3n) is 2.77. The summed E-state index contributed by atoms with van der Waals surface area (Å²) in [5, 5.41) is 9.36. The maximum Gasteiger partial charge on any atom is 0.130 e. The van der Waals surface area contributed by atoms with Gasteiger partial charge in [0.15, 0.2) is 0 Å². The summed E-state index contributed by atoms with van der Waals surface area (Å²) >= 11 is 3.41. The number of aliphatic hydroxyl groups is 1. The first-order valence-electron chi connectivity index (χ1n) is 5.59. The molecule has 0 aliphatic carbocycles. The summed E-state index contributed by atoms with van der Waals surface area (Å²) in [6.45, 7) is 2.36. The van der Waals surface area contributed by atoms with E-state index in [0.717, 1.165) is 27.0 Å². The van der Waals surface area contributed by atoms with Crippen LogP contribution in [0.2, 0.25) is 0 Å². The number of nitrogens with zero attached hydrogens (tertiary/aromatic N) is 2. The zero-order valence-electron chi connectivity index (χ0n) is 10.4. The molecule has 1 N–H and O–H groups in total. The lowest BCUT2D eigenvalue weighted by Gasteiger charge is -2.13. The van der Waals surface area contributed by atoms with Crippen LogP contribution in [0.1, 0.15) is 16.8 Å². The molecule has 0 amide bonds. The fourth-order valence-electron chi connectivity index (χ4n) is 1.79. The van der Waals surface area contributed by atoms with Crippen molar-refractivity contribution in [3.63, 3.8) is 0 Å². The van der Waals surface area contributed by atoms with Crippen molar-refractivity contribution in [2.24, 2.45) is 7.05 Å². The summed E-state index contributed by atoms with van der Waals surface area (Å²) in [7, 11) is 1.92. The van der Waals surface area contributed by atoms with Gasteiger partial charge in [-0.3, -0.25) is 0 Å². The molecular weight excluding hydrogens is 296 g/mol. The molecule has 0 aliphatic heterocycles. The van der Waals surface area contributed by atoms with Crippen LogP contribution in [0.15, 0.2) is 29.1 Å². The Kier molecular flexibility index (Phi) is 4.04. The maximum atomic E-state index is 9.36. The van der Waals surface area contributed by atoms with E-state index in [1.165, 1.54) is 0 Å². The van der Waals surface area contributed by atoms with E-state index in [0.29, 0.717) is 6.61 Å². The Balaban J connectivity index is 2.21. The lowest BCUT2D eigenvalue weighted by Crippen LogP contribution is -2.04. The van der Waals surface area contributed by atoms with Crippen LogP contribution in [0.25, 0.3) is 0 Å². The number of hydrogen-bond donors (Lipinski definition) is 1. The monoisotopic (exact) mass is 310 g/mol. The third-order valence-corrected chi connectivity index (χ3v) is 3.23. The van der Waals surface area contributed by atoms with Gasteiger partial charge < -0.3 is 14.4 Å². The summed E-state index contributed by atoms with van der Waals surface area (Å²) in [5.74, 6) is 0.738. The van der Waals surface area contributed by atoms with Gasteiger partial charge in [0.05, 0.1) is 24.8 Å². The molecule has 0 saturated heterocycles. The Morgan fingerprint density at radius 2 is 2.22 bits per heavy atom. The van der Waals surface area contributed by atoms with Gasteiger partial charge in [-0.25, -0.2) is 4.98 Å². The van der Waals surface area contributed by atoms with Crippen LogP contribution in [0.4, 0.5) is 0 Å². The average Bonchev–Trinajstić information content (AvgIpc) is 2.73. The molecule has 0 bridgehead atoms. The van der Waals surface area contributed by atoms with Crippen molar-refractivity contribution in [3.8, 4) is 5.75 Å². The number of hydrogen-bond acceptors (Lipinski definition) is 3. The van der Waals surface area contributed by atoms with E-state index < -0.39 is 0 Å². The van der Waals surface area contributed by atoms with Crippen LogP contribution in [0.3, 0.4) is 0 Å². The zero-order valence-corrected chi connectivity index (χ0v) is 11.9. The molecule has 0 atom stereocenters. The van der Waals surface area contributed by atoms with Crippen LogP contribution in [-0.2, 0) is 20.3 Å². The van der Waals surface area contributed by atoms with Crippen molar-refractivity contribution in [3.05, 3.63) is 46.0 Å². The van der Waals surface area contributed by atoms with Crippen LogP contribution in [0, 0.1) is 6.92 Å². The second-order valence-corrected chi connectivity index (χ2v) is 5.07. The lowest BCUT2D eigenvalue weighted by atomic mass is 10.1. The SMILES string of the molecule is Cc1cc(Br)cc(CO)c1OCc1cncn1C. The van der Waals surface area contributed by atoms with Crippen molar-refractivity contribution in [2.45, 2.75) is 20.1 Å². The predicted octanol–water partition coefficient (Wildman–Crippen LogP) is 2.56. The van der Waals surface area contributed by atoms with Gasteiger partial charge in [-0.15, -0.1) is 0 Å². The van der Waals surface area contributed by atoms with Gasteiger partial charge >= 0.3 is 0 Å². The molecule has 0 aliphatic rings. The standard InChI is InChI=1S/C13H15BrN2O2/c1-9-3-11(14)4-10(6-17)13(9)18-7-12-5-15-8-16(12)2/h3-5,8,17H,6-7H2,1-2H3. The highest BCUT2D eigenvalue weighted by molar-refractivity contribution is 9.10. The highest BCUT2D eigenvalue weighted by Crippen LogP contribution is 2.28. The van der Waals surface area contributed by atoms with E-state index in [2.05, 4.69) is 20.9 Å². The van der Waals surface area contributed by atoms with Gasteiger partial charge in [0.1, 0.15) is 12.4 Å². The normalized spacial score (nSPS) is 10.7. The molecule has 1 heterocycles. The molecule has 0 radical (unpaired) electrons. The third kappa shape index (κ3) is 2.73. The quantitative estimate of drug-likeness (QED) is 0.944. The smallest absolute Gasteiger partial charge is 0.130 e. The Morgan fingerprint density at radius 1 is 1.44 bits per heavy atom. The predicted molar refractivity (Wildman–Crippen MR) is 72.3 cm³/mol. The van der Waals surface area contributed by atoms with E-state index in [9.17, 15) is 5.11 Å². The number of aliphatic hydroxyl groups excluding tert-OH is 1. The molecule has 1 aromatic heterocycles. The second-order valence-electron chi connectivity index (χ2n) is 4.15. The fraction of sp³-hybridized carbons (Fsp3) is 0.308. The topological polar surface area (TPSA) is 47.3 Å². The molecule has 1 aromatic carbocycles. The molecule has 4 nitrogen and oxygen atoms in total.